The van der Waals surface area contributed by atoms with Crippen molar-refractivity contribution >= 4 is 23.3 Å². The molecule has 2 amide bonds. The fraction of sp³-hybridized carbons (Fsp3) is 0.267. The average Bonchev–Trinajstić information content (AvgIpc) is 2.91. The molecule has 21 heavy (non-hydrogen) atoms. The van der Waals surface area contributed by atoms with Crippen LogP contribution in [0.15, 0.2) is 43.0 Å². The number of nitrogens with zero attached hydrogens (tertiary/aromatic N) is 2. The lowest BCUT2D eigenvalue weighted by Crippen LogP contribution is -2.27. The molecule has 0 spiro atoms. The van der Waals surface area contributed by atoms with Crippen LogP contribution >= 0.6 is 0 Å². The normalized spacial score (nSPS) is 11.0. The van der Waals surface area contributed by atoms with Crippen molar-refractivity contribution in [3.63, 3.8) is 0 Å². The molecule has 2 aromatic rings. The van der Waals surface area contributed by atoms with Crippen molar-refractivity contribution in [3.8, 4) is 0 Å². The van der Waals surface area contributed by atoms with Crippen LogP contribution in [0.3, 0.4) is 0 Å². The molecule has 0 aliphatic carbocycles. The standard InChI is InChI=1S/C15H18N4O2/c1-15(2,3)13(20)17-11-5-4-6-12(9-11)18-14(21)19-8-7-16-10-19/h4-10H,1-3H3,(H,17,20)(H,18,21). The zero-order valence-corrected chi connectivity index (χ0v) is 12.3. The van der Waals surface area contributed by atoms with Crippen LogP contribution in [-0.4, -0.2) is 21.5 Å². The number of amides is 2. The molecule has 0 unspecified atom stereocenters. The fourth-order valence-electron chi connectivity index (χ4n) is 1.56. The lowest BCUT2D eigenvalue weighted by molar-refractivity contribution is -0.123. The summed E-state index contributed by atoms with van der Waals surface area (Å²) in [5, 5.41) is 5.55. The molecule has 2 N–H and O–H groups in total. The zero-order valence-electron chi connectivity index (χ0n) is 12.3. The molecule has 0 radical (unpaired) electrons. The summed E-state index contributed by atoms with van der Waals surface area (Å²) < 4.78 is 1.33. The number of benzene rings is 1. The summed E-state index contributed by atoms with van der Waals surface area (Å²) in [6.07, 6.45) is 4.50. The number of carbonyl (C=O) groups excluding carboxylic acids is 2. The lowest BCUT2D eigenvalue weighted by Gasteiger charge is -2.18. The van der Waals surface area contributed by atoms with Crippen molar-refractivity contribution in [3.05, 3.63) is 43.0 Å². The van der Waals surface area contributed by atoms with E-state index in [2.05, 4.69) is 15.6 Å². The predicted molar refractivity (Wildman–Crippen MR) is 81.2 cm³/mol. The number of hydrogen-bond acceptors (Lipinski definition) is 3. The summed E-state index contributed by atoms with van der Waals surface area (Å²) >= 11 is 0. The van der Waals surface area contributed by atoms with Crippen molar-refractivity contribution in [1.82, 2.24) is 9.55 Å². The van der Waals surface area contributed by atoms with E-state index in [1.807, 2.05) is 20.8 Å². The number of hydrogen-bond donors (Lipinski definition) is 2. The van der Waals surface area contributed by atoms with Crippen LogP contribution in [0.1, 0.15) is 20.8 Å². The van der Waals surface area contributed by atoms with E-state index >= 15 is 0 Å². The molecular weight excluding hydrogens is 268 g/mol. The van der Waals surface area contributed by atoms with Crippen molar-refractivity contribution in [2.45, 2.75) is 20.8 Å². The van der Waals surface area contributed by atoms with Gasteiger partial charge in [0.25, 0.3) is 0 Å². The third-order valence-electron chi connectivity index (χ3n) is 2.79. The predicted octanol–water partition coefficient (Wildman–Crippen LogP) is 2.95. The first kappa shape index (κ1) is 14.8. The van der Waals surface area contributed by atoms with Crippen LogP contribution in [-0.2, 0) is 4.79 Å². The average molecular weight is 286 g/mol. The lowest BCUT2D eigenvalue weighted by atomic mass is 9.95. The smallest absolute Gasteiger partial charge is 0.326 e. The number of imidazole rings is 1. The molecule has 0 aliphatic rings. The van der Waals surface area contributed by atoms with E-state index in [1.54, 1.807) is 30.5 Å². The van der Waals surface area contributed by atoms with Crippen LogP contribution in [0.25, 0.3) is 0 Å². The second kappa shape index (κ2) is 5.78. The number of carbonyl (C=O) groups is 2. The molecule has 0 saturated heterocycles. The summed E-state index contributed by atoms with van der Waals surface area (Å²) in [7, 11) is 0. The van der Waals surface area contributed by atoms with Crippen molar-refractivity contribution < 1.29 is 9.59 Å². The van der Waals surface area contributed by atoms with Gasteiger partial charge in [-0.05, 0) is 18.2 Å². The van der Waals surface area contributed by atoms with E-state index in [-0.39, 0.29) is 11.9 Å². The maximum Gasteiger partial charge on any atom is 0.331 e. The molecule has 1 heterocycles. The molecule has 110 valence electrons. The number of rotatable bonds is 2. The Labute approximate surface area is 123 Å². The molecule has 6 nitrogen and oxygen atoms in total. The monoisotopic (exact) mass is 286 g/mol. The van der Waals surface area contributed by atoms with Gasteiger partial charge in [-0.25, -0.2) is 9.78 Å². The number of aromatic nitrogens is 2. The molecular formula is C15H18N4O2. The quantitative estimate of drug-likeness (QED) is 0.891. The van der Waals surface area contributed by atoms with E-state index < -0.39 is 5.41 Å². The highest BCUT2D eigenvalue weighted by molar-refractivity contribution is 5.96. The zero-order chi connectivity index (χ0) is 15.5. The molecule has 0 fully saturated rings. The molecule has 0 bridgehead atoms. The van der Waals surface area contributed by atoms with E-state index in [0.29, 0.717) is 11.4 Å². The first-order chi connectivity index (χ1) is 9.86. The summed E-state index contributed by atoms with van der Waals surface area (Å²) in [5.41, 5.74) is 0.759. The van der Waals surface area contributed by atoms with Crippen molar-refractivity contribution in [1.29, 1.82) is 0 Å². The minimum Gasteiger partial charge on any atom is -0.326 e. The van der Waals surface area contributed by atoms with Gasteiger partial charge in [-0.3, -0.25) is 9.36 Å². The highest BCUT2D eigenvalue weighted by Gasteiger charge is 2.21. The number of anilines is 2. The Morgan fingerprint density at radius 2 is 1.81 bits per heavy atom. The third-order valence-corrected chi connectivity index (χ3v) is 2.79. The molecule has 0 aliphatic heterocycles. The molecule has 2 rings (SSSR count). The van der Waals surface area contributed by atoms with Gasteiger partial charge in [-0.1, -0.05) is 26.8 Å². The van der Waals surface area contributed by atoms with Crippen LogP contribution < -0.4 is 10.6 Å². The van der Waals surface area contributed by atoms with E-state index in [0.717, 1.165) is 0 Å². The Balaban J connectivity index is 2.08. The van der Waals surface area contributed by atoms with Gasteiger partial charge in [0.05, 0.1) is 0 Å². The van der Waals surface area contributed by atoms with Gasteiger partial charge >= 0.3 is 6.03 Å². The highest BCUT2D eigenvalue weighted by atomic mass is 16.2. The second-order valence-corrected chi connectivity index (χ2v) is 5.69. The van der Waals surface area contributed by atoms with Gasteiger partial charge in [0.15, 0.2) is 0 Å². The first-order valence-electron chi connectivity index (χ1n) is 6.57. The van der Waals surface area contributed by atoms with Crippen LogP contribution in [0.4, 0.5) is 16.2 Å². The molecule has 6 heteroatoms. The van der Waals surface area contributed by atoms with E-state index in [1.165, 1.54) is 17.1 Å². The Hall–Kier alpha value is -2.63. The molecule has 1 aromatic heterocycles. The minimum atomic E-state index is -0.476. The number of nitrogens with one attached hydrogen (secondary N) is 2. The fourth-order valence-corrected chi connectivity index (χ4v) is 1.56. The first-order valence-corrected chi connectivity index (χ1v) is 6.57. The van der Waals surface area contributed by atoms with Gasteiger partial charge in [-0.15, -0.1) is 0 Å². The van der Waals surface area contributed by atoms with Crippen LogP contribution in [0.5, 0.6) is 0 Å². The Morgan fingerprint density at radius 1 is 1.14 bits per heavy atom. The minimum absolute atomic E-state index is 0.0828. The summed E-state index contributed by atoms with van der Waals surface area (Å²) in [5.74, 6) is -0.0828. The summed E-state index contributed by atoms with van der Waals surface area (Å²) in [6, 6.07) is 6.69. The largest absolute Gasteiger partial charge is 0.331 e. The summed E-state index contributed by atoms with van der Waals surface area (Å²) in [4.78, 5) is 27.6. The molecule has 0 atom stereocenters. The van der Waals surface area contributed by atoms with E-state index in [9.17, 15) is 9.59 Å². The third kappa shape index (κ3) is 3.92. The molecule has 0 saturated carbocycles. The Morgan fingerprint density at radius 3 is 2.38 bits per heavy atom. The maximum absolute atomic E-state index is 11.9. The van der Waals surface area contributed by atoms with Gasteiger partial charge in [0.2, 0.25) is 5.91 Å². The van der Waals surface area contributed by atoms with Gasteiger partial charge in [-0.2, -0.15) is 0 Å². The molecule has 1 aromatic carbocycles. The van der Waals surface area contributed by atoms with Crippen molar-refractivity contribution in [2.24, 2.45) is 5.41 Å². The van der Waals surface area contributed by atoms with Gasteiger partial charge in [0, 0.05) is 29.2 Å². The van der Waals surface area contributed by atoms with Crippen LogP contribution in [0, 0.1) is 5.41 Å². The highest BCUT2D eigenvalue weighted by Crippen LogP contribution is 2.20. The van der Waals surface area contributed by atoms with Gasteiger partial charge in [0.1, 0.15) is 6.33 Å². The SMILES string of the molecule is CC(C)(C)C(=O)Nc1cccc(NC(=O)n2ccnc2)c1. The second-order valence-electron chi connectivity index (χ2n) is 5.69. The van der Waals surface area contributed by atoms with E-state index in [4.69, 9.17) is 0 Å². The Bertz CT molecular complexity index is 642. The van der Waals surface area contributed by atoms with Crippen LogP contribution in [0.2, 0.25) is 0 Å². The summed E-state index contributed by atoms with van der Waals surface area (Å²) in [6.45, 7) is 5.52. The van der Waals surface area contributed by atoms with Gasteiger partial charge < -0.3 is 10.6 Å². The Kier molecular flexibility index (Phi) is 4.07. The topological polar surface area (TPSA) is 76.0 Å². The maximum atomic E-state index is 11.9. The van der Waals surface area contributed by atoms with Crippen molar-refractivity contribution in [2.75, 3.05) is 10.6 Å².